The maximum absolute atomic E-state index is 12.0. The van der Waals surface area contributed by atoms with Crippen LogP contribution in [0, 0.1) is 11.8 Å². The Kier molecular flexibility index (Phi) is 6.78. The van der Waals surface area contributed by atoms with Crippen LogP contribution in [0.15, 0.2) is 0 Å². The van der Waals surface area contributed by atoms with E-state index in [1.807, 2.05) is 6.92 Å². The molecule has 1 saturated heterocycles. The van der Waals surface area contributed by atoms with E-state index in [0.29, 0.717) is 19.6 Å². The summed E-state index contributed by atoms with van der Waals surface area (Å²) < 4.78 is 0. The van der Waals surface area contributed by atoms with Crippen molar-refractivity contribution in [3.05, 3.63) is 0 Å². The fraction of sp³-hybridized carbons (Fsp3) is 0.857. The molecule has 1 heterocycles. The molecule has 6 heteroatoms. The van der Waals surface area contributed by atoms with Crippen molar-refractivity contribution in [1.82, 2.24) is 15.1 Å². The third kappa shape index (κ3) is 4.67. The number of carboxylic acid groups (broad SMARTS) is 1. The van der Waals surface area contributed by atoms with E-state index in [1.54, 1.807) is 4.90 Å². The summed E-state index contributed by atoms with van der Waals surface area (Å²) >= 11 is 0. The molecular weight excluding hydrogens is 258 g/mol. The van der Waals surface area contributed by atoms with Crippen molar-refractivity contribution >= 4 is 12.0 Å². The highest BCUT2D eigenvalue weighted by Crippen LogP contribution is 2.22. The largest absolute Gasteiger partial charge is 0.481 e. The maximum Gasteiger partial charge on any atom is 0.317 e. The van der Waals surface area contributed by atoms with Gasteiger partial charge in [-0.1, -0.05) is 20.8 Å². The van der Waals surface area contributed by atoms with Gasteiger partial charge in [0.25, 0.3) is 0 Å². The van der Waals surface area contributed by atoms with Gasteiger partial charge in [-0.3, -0.25) is 4.79 Å². The summed E-state index contributed by atoms with van der Waals surface area (Å²) in [5, 5.41) is 11.9. The molecule has 0 spiro atoms. The molecule has 116 valence electrons. The fourth-order valence-electron chi connectivity index (χ4n) is 2.63. The van der Waals surface area contributed by atoms with Crippen LogP contribution in [0.2, 0.25) is 0 Å². The highest BCUT2D eigenvalue weighted by Gasteiger charge is 2.36. The average molecular weight is 285 g/mol. The Hall–Kier alpha value is -1.30. The van der Waals surface area contributed by atoms with Crippen molar-refractivity contribution in [2.75, 3.05) is 39.3 Å². The van der Waals surface area contributed by atoms with Gasteiger partial charge in [0.1, 0.15) is 0 Å². The summed E-state index contributed by atoms with van der Waals surface area (Å²) in [6.07, 6.45) is 1.10. The van der Waals surface area contributed by atoms with E-state index < -0.39 is 11.9 Å². The lowest BCUT2D eigenvalue weighted by Gasteiger charge is -2.21. The van der Waals surface area contributed by atoms with Gasteiger partial charge in [0, 0.05) is 26.2 Å². The third-order valence-corrected chi connectivity index (χ3v) is 3.91. The van der Waals surface area contributed by atoms with Gasteiger partial charge in [0.2, 0.25) is 0 Å². The normalized spacial score (nSPS) is 22.3. The number of rotatable bonds is 7. The SMILES string of the molecule is CCCN(CC)CCNC(=O)N1CC(C)C(C(=O)O)C1. The van der Waals surface area contributed by atoms with Gasteiger partial charge in [0.05, 0.1) is 5.92 Å². The van der Waals surface area contributed by atoms with Gasteiger partial charge in [0.15, 0.2) is 0 Å². The topological polar surface area (TPSA) is 72.9 Å². The number of nitrogens with one attached hydrogen (secondary N) is 1. The predicted octanol–water partition coefficient (Wildman–Crippen LogP) is 1.08. The zero-order valence-electron chi connectivity index (χ0n) is 12.8. The van der Waals surface area contributed by atoms with Crippen molar-refractivity contribution in [2.45, 2.75) is 27.2 Å². The van der Waals surface area contributed by atoms with Crippen LogP contribution >= 0.6 is 0 Å². The molecule has 2 N–H and O–H groups in total. The molecular formula is C14H27N3O3. The lowest BCUT2D eigenvalue weighted by atomic mass is 9.99. The molecule has 1 rings (SSSR count). The van der Waals surface area contributed by atoms with Crippen LogP contribution in [-0.4, -0.2) is 66.2 Å². The van der Waals surface area contributed by atoms with Crippen molar-refractivity contribution in [1.29, 1.82) is 0 Å². The van der Waals surface area contributed by atoms with Crippen LogP contribution in [0.3, 0.4) is 0 Å². The number of carboxylic acids is 1. The summed E-state index contributed by atoms with van der Waals surface area (Å²) in [4.78, 5) is 26.9. The van der Waals surface area contributed by atoms with Crippen LogP contribution in [0.4, 0.5) is 4.79 Å². The molecule has 0 radical (unpaired) electrons. The smallest absolute Gasteiger partial charge is 0.317 e. The van der Waals surface area contributed by atoms with Crippen molar-refractivity contribution in [2.24, 2.45) is 11.8 Å². The second-order valence-corrected chi connectivity index (χ2v) is 5.49. The minimum absolute atomic E-state index is 0.0190. The molecule has 1 aliphatic rings. The van der Waals surface area contributed by atoms with Gasteiger partial charge >= 0.3 is 12.0 Å². The molecule has 0 aromatic rings. The second kappa shape index (κ2) is 8.09. The standard InChI is InChI=1S/C14H27N3O3/c1-4-7-16(5-2)8-6-15-14(20)17-9-11(3)12(10-17)13(18)19/h11-12H,4-10H2,1-3H3,(H,15,20)(H,18,19). The minimum atomic E-state index is -0.812. The molecule has 0 aliphatic carbocycles. The van der Waals surface area contributed by atoms with Gasteiger partial charge in [-0.15, -0.1) is 0 Å². The number of carbonyl (C=O) groups is 2. The summed E-state index contributed by atoms with van der Waals surface area (Å²) in [7, 11) is 0. The lowest BCUT2D eigenvalue weighted by molar-refractivity contribution is -0.142. The molecule has 0 bridgehead atoms. The molecule has 20 heavy (non-hydrogen) atoms. The Labute approximate surface area is 121 Å². The predicted molar refractivity (Wildman–Crippen MR) is 77.7 cm³/mol. The number of hydrogen-bond donors (Lipinski definition) is 2. The highest BCUT2D eigenvalue weighted by atomic mass is 16.4. The zero-order chi connectivity index (χ0) is 15.1. The Morgan fingerprint density at radius 1 is 1.30 bits per heavy atom. The van der Waals surface area contributed by atoms with Gasteiger partial charge < -0.3 is 20.2 Å². The second-order valence-electron chi connectivity index (χ2n) is 5.49. The van der Waals surface area contributed by atoms with Crippen LogP contribution in [-0.2, 0) is 4.79 Å². The number of likely N-dealkylation sites (tertiary alicyclic amines) is 1. The third-order valence-electron chi connectivity index (χ3n) is 3.91. The minimum Gasteiger partial charge on any atom is -0.481 e. The summed E-state index contributed by atoms with van der Waals surface area (Å²) in [5.41, 5.74) is 0. The lowest BCUT2D eigenvalue weighted by Crippen LogP contribution is -2.42. The molecule has 6 nitrogen and oxygen atoms in total. The Morgan fingerprint density at radius 2 is 2.00 bits per heavy atom. The van der Waals surface area contributed by atoms with Gasteiger partial charge in [-0.25, -0.2) is 4.79 Å². The Bertz CT molecular complexity index is 336. The quantitative estimate of drug-likeness (QED) is 0.734. The molecule has 0 saturated carbocycles. The van der Waals surface area contributed by atoms with E-state index in [-0.39, 0.29) is 11.9 Å². The Morgan fingerprint density at radius 3 is 2.50 bits per heavy atom. The van der Waals surface area contributed by atoms with Crippen LogP contribution in [0.1, 0.15) is 27.2 Å². The monoisotopic (exact) mass is 285 g/mol. The van der Waals surface area contributed by atoms with Crippen molar-refractivity contribution in [3.8, 4) is 0 Å². The van der Waals surface area contributed by atoms with E-state index in [2.05, 4.69) is 24.1 Å². The number of aliphatic carboxylic acids is 1. The van der Waals surface area contributed by atoms with E-state index in [1.165, 1.54) is 0 Å². The molecule has 1 fully saturated rings. The maximum atomic E-state index is 12.0. The summed E-state index contributed by atoms with van der Waals surface area (Å²) in [6.45, 7) is 10.4. The molecule has 0 aromatic heterocycles. The number of nitrogens with zero attached hydrogens (tertiary/aromatic N) is 2. The summed E-state index contributed by atoms with van der Waals surface area (Å²) in [5.74, 6) is -1.23. The zero-order valence-corrected chi connectivity index (χ0v) is 12.8. The molecule has 0 aromatic carbocycles. The average Bonchev–Trinajstić information content (AvgIpc) is 2.80. The first-order chi connectivity index (χ1) is 9.49. The van der Waals surface area contributed by atoms with Crippen LogP contribution in [0.5, 0.6) is 0 Å². The molecule has 1 aliphatic heterocycles. The van der Waals surface area contributed by atoms with Gasteiger partial charge in [-0.05, 0) is 25.4 Å². The van der Waals surface area contributed by atoms with E-state index in [9.17, 15) is 9.59 Å². The molecule has 2 atom stereocenters. The molecule has 2 amide bonds. The first kappa shape index (κ1) is 16.8. The van der Waals surface area contributed by atoms with Gasteiger partial charge in [-0.2, -0.15) is 0 Å². The van der Waals surface area contributed by atoms with E-state index >= 15 is 0 Å². The number of likely N-dealkylation sites (N-methyl/N-ethyl adjacent to an activating group) is 1. The number of hydrogen-bond acceptors (Lipinski definition) is 3. The number of amides is 2. The molecule has 2 unspecified atom stereocenters. The number of carbonyl (C=O) groups excluding carboxylic acids is 1. The van der Waals surface area contributed by atoms with Crippen LogP contribution < -0.4 is 5.32 Å². The van der Waals surface area contributed by atoms with E-state index in [4.69, 9.17) is 5.11 Å². The fourth-order valence-corrected chi connectivity index (χ4v) is 2.63. The first-order valence-electron chi connectivity index (χ1n) is 7.47. The van der Waals surface area contributed by atoms with Crippen molar-refractivity contribution < 1.29 is 14.7 Å². The Balaban J connectivity index is 2.32. The highest BCUT2D eigenvalue weighted by molar-refractivity contribution is 5.77. The first-order valence-corrected chi connectivity index (χ1v) is 7.47. The van der Waals surface area contributed by atoms with E-state index in [0.717, 1.165) is 26.1 Å². The number of urea groups is 1. The van der Waals surface area contributed by atoms with Crippen molar-refractivity contribution in [3.63, 3.8) is 0 Å². The summed E-state index contributed by atoms with van der Waals surface area (Å²) in [6, 6.07) is -0.145. The van der Waals surface area contributed by atoms with Crippen LogP contribution in [0.25, 0.3) is 0 Å².